The number of ether oxygens (including phenoxy) is 2. The minimum atomic E-state index is -2.28. The normalized spacial score (nSPS) is 19.0. The number of carboxylic acids is 1. The number of carboxylic acid groups (broad SMARTS) is 1. The summed E-state index contributed by atoms with van der Waals surface area (Å²) >= 11 is 0. The van der Waals surface area contributed by atoms with Gasteiger partial charge in [0, 0.05) is 17.0 Å². The number of carbonyl (C=O) groups is 3. The van der Waals surface area contributed by atoms with Crippen LogP contribution in [0.15, 0.2) is 72.8 Å². The van der Waals surface area contributed by atoms with Crippen molar-refractivity contribution in [1.29, 1.82) is 0 Å². The molecule has 0 radical (unpaired) electrons. The zero-order valence-electron chi connectivity index (χ0n) is 18.9. The highest BCUT2D eigenvalue weighted by Crippen LogP contribution is 2.43. The fourth-order valence-electron chi connectivity index (χ4n) is 4.28. The van der Waals surface area contributed by atoms with E-state index >= 15 is 0 Å². The van der Waals surface area contributed by atoms with Gasteiger partial charge in [-0.1, -0.05) is 48.0 Å². The van der Waals surface area contributed by atoms with Crippen LogP contribution >= 0.6 is 0 Å². The maximum atomic E-state index is 13.2. The van der Waals surface area contributed by atoms with Gasteiger partial charge in [-0.2, -0.15) is 0 Å². The number of hydrogen-bond donors (Lipinski definition) is 2. The Balaban J connectivity index is 1.73. The molecule has 0 bridgehead atoms. The van der Waals surface area contributed by atoms with Gasteiger partial charge in [0.1, 0.15) is 11.5 Å². The van der Waals surface area contributed by atoms with E-state index in [9.17, 15) is 19.5 Å². The monoisotopic (exact) mass is 459 g/mol. The molecule has 4 rings (SSSR count). The first kappa shape index (κ1) is 23.0. The quantitative estimate of drug-likeness (QED) is 0.316. The summed E-state index contributed by atoms with van der Waals surface area (Å²) in [4.78, 5) is 39.0. The van der Waals surface area contributed by atoms with E-state index in [1.165, 1.54) is 19.2 Å². The Labute approximate surface area is 197 Å². The molecule has 1 aliphatic heterocycles. The summed E-state index contributed by atoms with van der Waals surface area (Å²) in [7, 11) is 1.50. The topological polar surface area (TPSA) is 102 Å². The van der Waals surface area contributed by atoms with Gasteiger partial charge in [-0.25, -0.2) is 9.59 Å². The van der Waals surface area contributed by atoms with E-state index in [-0.39, 0.29) is 5.56 Å². The summed E-state index contributed by atoms with van der Waals surface area (Å²) in [5.74, 6) is -3.17. The van der Waals surface area contributed by atoms with Crippen molar-refractivity contribution in [1.82, 2.24) is 5.32 Å². The van der Waals surface area contributed by atoms with Gasteiger partial charge < -0.3 is 19.9 Å². The Morgan fingerprint density at radius 1 is 1.03 bits per heavy atom. The molecule has 0 spiro atoms. The maximum Gasteiger partial charge on any atom is 0.349 e. The fraction of sp³-hybridized carbons (Fsp3) is 0.222. The molecule has 2 atom stereocenters. The first-order valence-electron chi connectivity index (χ1n) is 10.9. The largest absolute Gasteiger partial charge is 0.497 e. The van der Waals surface area contributed by atoms with Crippen LogP contribution in [0.2, 0.25) is 0 Å². The van der Waals surface area contributed by atoms with E-state index in [4.69, 9.17) is 9.47 Å². The van der Waals surface area contributed by atoms with Crippen LogP contribution in [0.1, 0.15) is 39.4 Å². The molecular weight excluding hydrogens is 434 g/mol. The number of amides is 1. The van der Waals surface area contributed by atoms with E-state index in [1.54, 1.807) is 36.4 Å². The van der Waals surface area contributed by atoms with E-state index in [0.717, 1.165) is 11.1 Å². The van der Waals surface area contributed by atoms with Crippen molar-refractivity contribution in [2.24, 2.45) is 0 Å². The summed E-state index contributed by atoms with van der Waals surface area (Å²) in [6.45, 7) is 1.99. The Hall–Kier alpha value is -4.13. The summed E-state index contributed by atoms with van der Waals surface area (Å²) in [6.07, 6.45) is 0.824. The average Bonchev–Trinajstić information content (AvgIpc) is 2.84. The number of rotatable bonds is 7. The smallest absolute Gasteiger partial charge is 0.349 e. The second-order valence-corrected chi connectivity index (χ2v) is 8.30. The molecule has 174 valence electrons. The zero-order valence-corrected chi connectivity index (χ0v) is 18.9. The van der Waals surface area contributed by atoms with Crippen molar-refractivity contribution in [3.63, 3.8) is 0 Å². The Kier molecular flexibility index (Phi) is 6.36. The summed E-state index contributed by atoms with van der Waals surface area (Å²) in [5, 5.41) is 12.8. The van der Waals surface area contributed by atoms with Crippen LogP contribution in [-0.4, -0.2) is 35.6 Å². The SMILES string of the molecule is COc1ccc(C(=O)NC2(C(=O)O)C(=O)Oc3ccccc3C2CCc2ccc(C)cc2)cc1. The molecule has 1 amide bonds. The van der Waals surface area contributed by atoms with Crippen LogP contribution in [0.3, 0.4) is 0 Å². The highest BCUT2D eigenvalue weighted by atomic mass is 16.5. The van der Waals surface area contributed by atoms with Crippen LogP contribution < -0.4 is 14.8 Å². The van der Waals surface area contributed by atoms with Crippen molar-refractivity contribution in [2.45, 2.75) is 31.2 Å². The van der Waals surface area contributed by atoms with Gasteiger partial charge in [0.2, 0.25) is 5.54 Å². The lowest BCUT2D eigenvalue weighted by Gasteiger charge is -2.40. The fourth-order valence-corrected chi connectivity index (χ4v) is 4.28. The molecule has 1 heterocycles. The molecular formula is C27H25NO6. The molecule has 2 unspecified atom stereocenters. The number of aliphatic carboxylic acids is 1. The molecule has 0 saturated heterocycles. The molecule has 1 aliphatic rings. The number of carbonyl (C=O) groups excluding carboxylic acids is 2. The van der Waals surface area contributed by atoms with Crippen LogP contribution in [0.5, 0.6) is 11.5 Å². The number of methoxy groups -OCH3 is 1. The molecule has 0 fully saturated rings. The molecule has 0 aliphatic carbocycles. The predicted molar refractivity (Wildman–Crippen MR) is 125 cm³/mol. The third-order valence-electron chi connectivity index (χ3n) is 6.18. The Morgan fingerprint density at radius 3 is 2.35 bits per heavy atom. The summed E-state index contributed by atoms with van der Waals surface area (Å²) < 4.78 is 10.5. The van der Waals surface area contributed by atoms with Gasteiger partial charge in [0.25, 0.3) is 5.91 Å². The van der Waals surface area contributed by atoms with Gasteiger partial charge in [0.15, 0.2) is 0 Å². The van der Waals surface area contributed by atoms with E-state index in [0.29, 0.717) is 29.9 Å². The Morgan fingerprint density at radius 2 is 1.71 bits per heavy atom. The molecule has 3 aromatic carbocycles. The van der Waals surface area contributed by atoms with Crippen LogP contribution in [0.25, 0.3) is 0 Å². The molecule has 2 N–H and O–H groups in total. The van der Waals surface area contributed by atoms with Crippen molar-refractivity contribution in [2.75, 3.05) is 7.11 Å². The minimum Gasteiger partial charge on any atom is -0.497 e. The van der Waals surface area contributed by atoms with Crippen molar-refractivity contribution >= 4 is 17.8 Å². The van der Waals surface area contributed by atoms with Gasteiger partial charge in [0.05, 0.1) is 7.11 Å². The Bertz CT molecular complexity index is 1220. The third-order valence-corrected chi connectivity index (χ3v) is 6.18. The van der Waals surface area contributed by atoms with Crippen molar-refractivity contribution in [3.05, 3.63) is 95.1 Å². The molecule has 0 saturated carbocycles. The molecule has 7 heteroatoms. The van der Waals surface area contributed by atoms with Gasteiger partial charge >= 0.3 is 11.9 Å². The lowest BCUT2D eigenvalue weighted by Crippen LogP contribution is -2.66. The average molecular weight is 459 g/mol. The minimum absolute atomic E-state index is 0.199. The van der Waals surface area contributed by atoms with Crippen molar-refractivity contribution in [3.8, 4) is 11.5 Å². The predicted octanol–water partition coefficient (Wildman–Crippen LogP) is 3.89. The van der Waals surface area contributed by atoms with E-state index in [2.05, 4.69) is 5.32 Å². The van der Waals surface area contributed by atoms with Gasteiger partial charge in [-0.05, 0) is 55.7 Å². The standard InChI is InChI=1S/C27H25NO6/c1-17-7-9-18(10-8-17)11-16-22-21-5-3-4-6-23(21)34-26(32)27(22,25(30)31)28-24(29)19-12-14-20(33-2)15-13-19/h3-10,12-15,22H,11,16H2,1-2H3,(H,28,29)(H,30,31). The first-order valence-corrected chi connectivity index (χ1v) is 10.9. The molecule has 3 aromatic rings. The third kappa shape index (κ3) is 4.24. The number of fused-ring (bicyclic) bond motifs is 1. The highest BCUT2D eigenvalue weighted by molar-refractivity contribution is 6.12. The highest BCUT2D eigenvalue weighted by Gasteiger charge is 2.59. The molecule has 0 aromatic heterocycles. The number of aryl methyl sites for hydroxylation is 2. The lowest BCUT2D eigenvalue weighted by atomic mass is 9.73. The van der Waals surface area contributed by atoms with Crippen LogP contribution in [-0.2, 0) is 16.0 Å². The van der Waals surface area contributed by atoms with Gasteiger partial charge in [-0.3, -0.25) is 4.79 Å². The first-order chi connectivity index (χ1) is 16.3. The number of para-hydroxylation sites is 1. The second kappa shape index (κ2) is 9.39. The summed E-state index contributed by atoms with van der Waals surface area (Å²) in [5.41, 5.74) is 0.595. The van der Waals surface area contributed by atoms with Crippen LogP contribution in [0, 0.1) is 6.92 Å². The number of benzene rings is 3. The second-order valence-electron chi connectivity index (χ2n) is 8.30. The number of hydrogen-bond acceptors (Lipinski definition) is 5. The molecule has 34 heavy (non-hydrogen) atoms. The number of nitrogens with one attached hydrogen (secondary N) is 1. The summed E-state index contributed by atoms with van der Waals surface area (Å²) in [6, 6.07) is 20.9. The van der Waals surface area contributed by atoms with E-state index in [1.807, 2.05) is 31.2 Å². The van der Waals surface area contributed by atoms with Crippen LogP contribution in [0.4, 0.5) is 0 Å². The van der Waals surface area contributed by atoms with Crippen molar-refractivity contribution < 1.29 is 29.0 Å². The lowest BCUT2D eigenvalue weighted by molar-refractivity contribution is -0.160. The zero-order chi connectivity index (χ0) is 24.3. The van der Waals surface area contributed by atoms with E-state index < -0.39 is 29.3 Å². The number of esters is 1. The molecule has 7 nitrogen and oxygen atoms in total. The maximum absolute atomic E-state index is 13.2. The van der Waals surface area contributed by atoms with Gasteiger partial charge in [-0.15, -0.1) is 0 Å².